The SMILES string of the molecule is CC(=O)C1CC1CC1CC=C(C)C1(C)C. The second kappa shape index (κ2) is 3.47. The zero-order chi connectivity index (χ0) is 11.2. The zero-order valence-corrected chi connectivity index (χ0v) is 10.3. The van der Waals surface area contributed by atoms with Gasteiger partial charge < -0.3 is 0 Å². The van der Waals surface area contributed by atoms with E-state index in [-0.39, 0.29) is 0 Å². The monoisotopic (exact) mass is 206 g/mol. The molecule has 0 aliphatic heterocycles. The van der Waals surface area contributed by atoms with Gasteiger partial charge in [0.15, 0.2) is 0 Å². The molecule has 1 saturated carbocycles. The summed E-state index contributed by atoms with van der Waals surface area (Å²) in [6.07, 6.45) is 6.02. The van der Waals surface area contributed by atoms with Crippen LogP contribution < -0.4 is 0 Å². The average Bonchev–Trinajstić information content (AvgIpc) is 2.85. The summed E-state index contributed by atoms with van der Waals surface area (Å²) in [4.78, 5) is 11.2. The third-order valence-electron chi connectivity index (χ3n) is 4.78. The molecule has 15 heavy (non-hydrogen) atoms. The van der Waals surface area contributed by atoms with E-state index in [1.807, 2.05) is 0 Å². The summed E-state index contributed by atoms with van der Waals surface area (Å²) in [7, 11) is 0. The Morgan fingerprint density at radius 3 is 2.60 bits per heavy atom. The Morgan fingerprint density at radius 1 is 1.53 bits per heavy atom. The second-order valence-electron chi connectivity index (χ2n) is 5.99. The van der Waals surface area contributed by atoms with Gasteiger partial charge in [0.05, 0.1) is 0 Å². The van der Waals surface area contributed by atoms with Crippen molar-refractivity contribution in [3.05, 3.63) is 11.6 Å². The summed E-state index contributed by atoms with van der Waals surface area (Å²) in [5.74, 6) is 2.28. The molecule has 0 N–H and O–H groups in total. The Morgan fingerprint density at radius 2 is 2.20 bits per heavy atom. The van der Waals surface area contributed by atoms with Crippen molar-refractivity contribution < 1.29 is 4.79 Å². The van der Waals surface area contributed by atoms with Crippen LogP contribution in [0.2, 0.25) is 0 Å². The summed E-state index contributed by atoms with van der Waals surface area (Å²) in [5, 5.41) is 0. The van der Waals surface area contributed by atoms with Gasteiger partial charge >= 0.3 is 0 Å². The Bertz CT molecular complexity index is 311. The summed E-state index contributed by atoms with van der Waals surface area (Å²) in [6, 6.07) is 0. The number of ketones is 1. The molecule has 0 saturated heterocycles. The lowest BCUT2D eigenvalue weighted by Gasteiger charge is -2.29. The van der Waals surface area contributed by atoms with Gasteiger partial charge in [-0.05, 0) is 50.4 Å². The molecule has 0 bridgehead atoms. The molecule has 84 valence electrons. The minimum absolute atomic E-state index is 0.365. The Labute approximate surface area is 92.9 Å². The average molecular weight is 206 g/mol. The number of hydrogen-bond acceptors (Lipinski definition) is 1. The van der Waals surface area contributed by atoms with E-state index in [0.29, 0.717) is 23.0 Å². The second-order valence-corrected chi connectivity index (χ2v) is 5.99. The maximum absolute atomic E-state index is 11.2. The molecule has 2 aliphatic rings. The van der Waals surface area contributed by atoms with Crippen LogP contribution in [0, 0.1) is 23.2 Å². The first kappa shape index (κ1) is 10.9. The number of Topliss-reactive ketones (excluding diaryl/α,β-unsaturated/α-hetero) is 1. The molecule has 2 aliphatic carbocycles. The molecule has 0 heterocycles. The van der Waals surface area contributed by atoms with E-state index in [0.717, 1.165) is 12.3 Å². The van der Waals surface area contributed by atoms with Crippen molar-refractivity contribution in [1.29, 1.82) is 0 Å². The van der Waals surface area contributed by atoms with Gasteiger partial charge in [-0.25, -0.2) is 0 Å². The summed E-state index contributed by atoms with van der Waals surface area (Å²) in [5.41, 5.74) is 1.90. The van der Waals surface area contributed by atoms with E-state index < -0.39 is 0 Å². The topological polar surface area (TPSA) is 17.1 Å². The van der Waals surface area contributed by atoms with E-state index in [2.05, 4.69) is 26.8 Å². The van der Waals surface area contributed by atoms with Gasteiger partial charge in [0.2, 0.25) is 0 Å². The standard InChI is InChI=1S/C14H22O/c1-9-5-6-12(14(9,3)4)7-11-8-13(11)10(2)15/h5,11-13H,6-8H2,1-4H3. The van der Waals surface area contributed by atoms with Crippen molar-refractivity contribution in [2.45, 2.75) is 47.0 Å². The normalized spacial score (nSPS) is 37.6. The van der Waals surface area contributed by atoms with Gasteiger partial charge in [0.25, 0.3) is 0 Å². The predicted molar refractivity (Wildman–Crippen MR) is 62.5 cm³/mol. The maximum Gasteiger partial charge on any atom is 0.133 e. The molecular weight excluding hydrogens is 184 g/mol. The van der Waals surface area contributed by atoms with Gasteiger partial charge in [-0.3, -0.25) is 4.79 Å². The fraction of sp³-hybridized carbons (Fsp3) is 0.786. The smallest absolute Gasteiger partial charge is 0.133 e. The fourth-order valence-electron chi connectivity index (χ4n) is 2.96. The molecule has 0 aromatic carbocycles. The molecule has 0 radical (unpaired) electrons. The maximum atomic E-state index is 11.2. The highest BCUT2D eigenvalue weighted by atomic mass is 16.1. The molecule has 0 spiro atoms. The minimum atomic E-state index is 0.365. The first-order chi connectivity index (χ1) is 6.93. The summed E-state index contributed by atoms with van der Waals surface area (Å²) in [6.45, 7) is 8.69. The van der Waals surface area contributed by atoms with Crippen molar-refractivity contribution in [3.8, 4) is 0 Å². The number of carbonyl (C=O) groups excluding carboxylic acids is 1. The van der Waals surface area contributed by atoms with E-state index >= 15 is 0 Å². The lowest BCUT2D eigenvalue weighted by atomic mass is 9.75. The molecule has 3 atom stereocenters. The quantitative estimate of drug-likeness (QED) is 0.645. The van der Waals surface area contributed by atoms with Crippen LogP contribution in [-0.4, -0.2) is 5.78 Å². The van der Waals surface area contributed by atoms with Crippen LogP contribution in [0.5, 0.6) is 0 Å². The third kappa shape index (κ3) is 1.89. The lowest BCUT2D eigenvalue weighted by molar-refractivity contribution is -0.118. The van der Waals surface area contributed by atoms with Crippen molar-refractivity contribution in [2.24, 2.45) is 23.2 Å². The molecule has 0 aromatic rings. The highest BCUT2D eigenvalue weighted by molar-refractivity contribution is 5.81. The molecule has 3 unspecified atom stereocenters. The molecule has 1 heteroatoms. The molecule has 1 fully saturated rings. The van der Waals surface area contributed by atoms with Crippen LogP contribution in [0.15, 0.2) is 11.6 Å². The minimum Gasteiger partial charge on any atom is -0.300 e. The lowest BCUT2D eigenvalue weighted by Crippen LogP contribution is -2.21. The molecule has 1 nitrogen and oxygen atoms in total. The van der Waals surface area contributed by atoms with Crippen molar-refractivity contribution >= 4 is 5.78 Å². The number of allylic oxidation sites excluding steroid dienone is 2. The fourth-order valence-corrected chi connectivity index (χ4v) is 2.96. The molecular formula is C14H22O. The van der Waals surface area contributed by atoms with Crippen LogP contribution in [0.4, 0.5) is 0 Å². The molecule has 2 rings (SSSR count). The van der Waals surface area contributed by atoms with Crippen LogP contribution in [0.1, 0.15) is 47.0 Å². The number of hydrogen-bond donors (Lipinski definition) is 0. The van der Waals surface area contributed by atoms with E-state index in [1.165, 1.54) is 18.4 Å². The van der Waals surface area contributed by atoms with Gasteiger partial charge in [-0.2, -0.15) is 0 Å². The van der Waals surface area contributed by atoms with Crippen LogP contribution in [0.3, 0.4) is 0 Å². The molecule has 0 aromatic heterocycles. The predicted octanol–water partition coefficient (Wildman–Crippen LogP) is 3.59. The van der Waals surface area contributed by atoms with E-state index in [1.54, 1.807) is 6.92 Å². The van der Waals surface area contributed by atoms with E-state index in [4.69, 9.17) is 0 Å². The van der Waals surface area contributed by atoms with Gasteiger partial charge in [0.1, 0.15) is 5.78 Å². The van der Waals surface area contributed by atoms with Gasteiger partial charge in [0, 0.05) is 5.92 Å². The summed E-state index contributed by atoms with van der Waals surface area (Å²) < 4.78 is 0. The van der Waals surface area contributed by atoms with Gasteiger partial charge in [-0.15, -0.1) is 0 Å². The Hall–Kier alpha value is -0.590. The van der Waals surface area contributed by atoms with E-state index in [9.17, 15) is 4.79 Å². The first-order valence-corrected chi connectivity index (χ1v) is 6.10. The van der Waals surface area contributed by atoms with Crippen molar-refractivity contribution in [3.63, 3.8) is 0 Å². The Balaban J connectivity index is 1.91. The van der Waals surface area contributed by atoms with Crippen molar-refractivity contribution in [2.75, 3.05) is 0 Å². The highest BCUT2D eigenvalue weighted by Gasteiger charge is 2.45. The number of carbonyl (C=O) groups is 1. The first-order valence-electron chi connectivity index (χ1n) is 6.10. The summed E-state index contributed by atoms with van der Waals surface area (Å²) >= 11 is 0. The Kier molecular flexibility index (Phi) is 2.52. The zero-order valence-electron chi connectivity index (χ0n) is 10.3. The van der Waals surface area contributed by atoms with Crippen molar-refractivity contribution in [1.82, 2.24) is 0 Å². The largest absolute Gasteiger partial charge is 0.300 e. The number of rotatable bonds is 3. The molecule has 0 amide bonds. The highest BCUT2D eigenvalue weighted by Crippen LogP contribution is 2.52. The van der Waals surface area contributed by atoms with Crippen LogP contribution >= 0.6 is 0 Å². The van der Waals surface area contributed by atoms with Crippen LogP contribution in [-0.2, 0) is 4.79 Å². The van der Waals surface area contributed by atoms with Crippen LogP contribution in [0.25, 0.3) is 0 Å². The van der Waals surface area contributed by atoms with Gasteiger partial charge in [-0.1, -0.05) is 25.5 Å². The third-order valence-corrected chi connectivity index (χ3v) is 4.78.